The molecular weight excluding hydrogens is 901 g/mol. The minimum Gasteiger partial charge on any atom is -0.462 e. The number of allylic oxidation sites excluding steroid dienone is 18. The van der Waals surface area contributed by atoms with Crippen molar-refractivity contribution in [3.8, 4) is 0 Å². The molecule has 0 heterocycles. The molecule has 1 unspecified atom stereocenters. The third kappa shape index (κ3) is 58.8. The summed E-state index contributed by atoms with van der Waals surface area (Å²) in [6.07, 6.45) is 82.6. The molecule has 0 fully saturated rings. The van der Waals surface area contributed by atoms with Gasteiger partial charge < -0.3 is 14.2 Å². The molecule has 6 nitrogen and oxygen atoms in total. The zero-order chi connectivity index (χ0) is 52.9. The van der Waals surface area contributed by atoms with Gasteiger partial charge in [-0.25, -0.2) is 0 Å². The number of unbranched alkanes of at least 4 members (excludes halogenated alkanes) is 25. The molecule has 0 amide bonds. The highest BCUT2D eigenvalue weighted by Crippen LogP contribution is 2.16. The molecule has 0 spiro atoms. The van der Waals surface area contributed by atoms with Gasteiger partial charge in [-0.1, -0.05) is 265 Å². The van der Waals surface area contributed by atoms with E-state index in [1.54, 1.807) is 0 Å². The SMILES string of the molecule is CC/C=C\C/C=C\C/C=C\C/C=C\C/C=C\CCCCCCCCCCCCCCCCCC(=O)OCC(COC(=O)CCCCCCCCCCC)OC(=O)CCCC/C=C\C/C=C\C/C=C\C/C=C\CC. The highest BCUT2D eigenvalue weighted by atomic mass is 16.6. The fraction of sp³-hybridized carbons (Fsp3) is 0.687. The van der Waals surface area contributed by atoms with Gasteiger partial charge in [0, 0.05) is 19.3 Å². The van der Waals surface area contributed by atoms with E-state index < -0.39 is 6.10 Å². The fourth-order valence-electron chi connectivity index (χ4n) is 8.28. The quantitative estimate of drug-likeness (QED) is 0.0261. The molecule has 0 aromatic carbocycles. The van der Waals surface area contributed by atoms with Crippen LogP contribution in [0.5, 0.6) is 0 Å². The van der Waals surface area contributed by atoms with E-state index in [1.807, 2.05) is 0 Å². The molecule has 0 aliphatic rings. The fourth-order valence-corrected chi connectivity index (χ4v) is 8.28. The zero-order valence-electron chi connectivity index (χ0n) is 47.6. The lowest BCUT2D eigenvalue weighted by Gasteiger charge is -2.18. The van der Waals surface area contributed by atoms with Crippen molar-refractivity contribution in [2.24, 2.45) is 0 Å². The lowest BCUT2D eigenvalue weighted by atomic mass is 10.0. The maximum Gasteiger partial charge on any atom is 0.306 e. The van der Waals surface area contributed by atoms with Gasteiger partial charge in [0.1, 0.15) is 13.2 Å². The van der Waals surface area contributed by atoms with E-state index in [9.17, 15) is 14.4 Å². The third-order valence-corrected chi connectivity index (χ3v) is 12.8. The second kappa shape index (κ2) is 60.6. The third-order valence-electron chi connectivity index (χ3n) is 12.8. The lowest BCUT2D eigenvalue weighted by molar-refractivity contribution is -0.167. The molecule has 0 aromatic rings. The summed E-state index contributed by atoms with van der Waals surface area (Å²) in [7, 11) is 0. The monoisotopic (exact) mass is 1010 g/mol. The van der Waals surface area contributed by atoms with Crippen molar-refractivity contribution in [2.45, 2.75) is 284 Å². The van der Waals surface area contributed by atoms with E-state index >= 15 is 0 Å². The molecule has 416 valence electrons. The van der Waals surface area contributed by atoms with E-state index in [0.717, 1.165) is 109 Å². The molecule has 73 heavy (non-hydrogen) atoms. The van der Waals surface area contributed by atoms with Gasteiger partial charge in [0.15, 0.2) is 6.10 Å². The number of rotatable bonds is 54. The van der Waals surface area contributed by atoms with Crippen molar-refractivity contribution in [1.29, 1.82) is 0 Å². The molecule has 6 heteroatoms. The van der Waals surface area contributed by atoms with Crippen LogP contribution in [-0.2, 0) is 28.6 Å². The van der Waals surface area contributed by atoms with Crippen LogP contribution in [0.4, 0.5) is 0 Å². The second-order valence-electron chi connectivity index (χ2n) is 19.9. The minimum atomic E-state index is -0.797. The molecule has 1 atom stereocenters. The number of esters is 3. The van der Waals surface area contributed by atoms with Crippen molar-refractivity contribution in [2.75, 3.05) is 13.2 Å². The summed E-state index contributed by atoms with van der Waals surface area (Å²) < 4.78 is 16.8. The Labute approximate surface area is 450 Å². The summed E-state index contributed by atoms with van der Waals surface area (Å²) in [6, 6.07) is 0. The second-order valence-corrected chi connectivity index (χ2v) is 19.9. The first-order valence-electron chi connectivity index (χ1n) is 30.4. The van der Waals surface area contributed by atoms with Gasteiger partial charge in [-0.3, -0.25) is 14.4 Å². The normalized spacial score (nSPS) is 12.9. The maximum absolute atomic E-state index is 12.8. The summed E-state index contributed by atoms with van der Waals surface area (Å²) in [6.45, 7) is 6.36. The van der Waals surface area contributed by atoms with Gasteiger partial charge in [0.05, 0.1) is 0 Å². The molecule has 0 saturated heterocycles. The number of ether oxygens (including phenoxy) is 3. The van der Waals surface area contributed by atoms with Crippen LogP contribution in [0, 0.1) is 0 Å². The van der Waals surface area contributed by atoms with E-state index in [4.69, 9.17) is 14.2 Å². The standard InChI is InChI=1S/C67H112O6/c1-4-7-10-13-16-19-21-23-25-26-27-28-29-30-31-32-33-34-35-36-37-38-39-40-42-43-45-48-51-54-57-60-66(69)72-63-64(62-71-65(68)59-56-53-50-47-18-15-12-9-6-3)73-67(70)61-58-55-52-49-46-44-41-24-22-20-17-14-11-8-5-2/h7-8,10-11,16-17,19-20,23-25,27-28,30-31,41,46,49,64H,4-6,9,12-15,18,21-22,26,29,32-40,42-45,47-48,50-63H2,1-3H3/b10-7-,11-8-,19-16-,20-17-,25-23-,28-27-,31-30-,41-24-,49-46-. The number of hydrogen-bond acceptors (Lipinski definition) is 6. The van der Waals surface area contributed by atoms with Gasteiger partial charge in [-0.2, -0.15) is 0 Å². The van der Waals surface area contributed by atoms with Crippen molar-refractivity contribution in [1.82, 2.24) is 0 Å². The van der Waals surface area contributed by atoms with Gasteiger partial charge in [-0.05, 0) is 103 Å². The average molecular weight is 1010 g/mol. The zero-order valence-corrected chi connectivity index (χ0v) is 47.6. The lowest BCUT2D eigenvalue weighted by Crippen LogP contribution is -2.30. The Hall–Kier alpha value is -3.93. The van der Waals surface area contributed by atoms with Crippen LogP contribution in [0.25, 0.3) is 0 Å². The summed E-state index contributed by atoms with van der Waals surface area (Å²) >= 11 is 0. The first-order chi connectivity index (χ1) is 36.0. The van der Waals surface area contributed by atoms with Crippen LogP contribution >= 0.6 is 0 Å². The molecule has 0 aliphatic heterocycles. The predicted octanol–water partition coefficient (Wildman–Crippen LogP) is 20.7. The van der Waals surface area contributed by atoms with E-state index in [1.165, 1.54) is 122 Å². The van der Waals surface area contributed by atoms with E-state index in [2.05, 4.69) is 130 Å². The van der Waals surface area contributed by atoms with Crippen molar-refractivity contribution >= 4 is 17.9 Å². The first kappa shape index (κ1) is 69.1. The van der Waals surface area contributed by atoms with Gasteiger partial charge in [0.2, 0.25) is 0 Å². The highest BCUT2D eigenvalue weighted by molar-refractivity contribution is 5.71. The Balaban J connectivity index is 4.15. The average Bonchev–Trinajstić information content (AvgIpc) is 3.39. The predicted molar refractivity (Wildman–Crippen MR) is 316 cm³/mol. The van der Waals surface area contributed by atoms with Crippen molar-refractivity contribution in [3.05, 3.63) is 109 Å². The van der Waals surface area contributed by atoms with Crippen LogP contribution in [0.2, 0.25) is 0 Å². The van der Waals surface area contributed by atoms with Gasteiger partial charge in [0.25, 0.3) is 0 Å². The Morgan fingerprint density at radius 3 is 0.863 bits per heavy atom. The van der Waals surface area contributed by atoms with Gasteiger partial charge >= 0.3 is 17.9 Å². The molecule has 0 bridgehead atoms. The Bertz CT molecular complexity index is 1490. The minimum absolute atomic E-state index is 0.0926. The molecule has 0 N–H and O–H groups in total. The van der Waals surface area contributed by atoms with Crippen LogP contribution < -0.4 is 0 Å². The number of carbonyl (C=O) groups excluding carboxylic acids is 3. The summed E-state index contributed by atoms with van der Waals surface area (Å²) in [5, 5.41) is 0. The molecular formula is C67H112O6. The number of carbonyl (C=O) groups is 3. The van der Waals surface area contributed by atoms with Crippen molar-refractivity contribution in [3.63, 3.8) is 0 Å². The first-order valence-corrected chi connectivity index (χ1v) is 30.4. The largest absolute Gasteiger partial charge is 0.462 e. The van der Waals surface area contributed by atoms with Crippen molar-refractivity contribution < 1.29 is 28.6 Å². The molecule has 0 saturated carbocycles. The smallest absolute Gasteiger partial charge is 0.306 e. The summed E-state index contributed by atoms with van der Waals surface area (Å²) in [5.41, 5.74) is 0. The molecule has 0 aromatic heterocycles. The van der Waals surface area contributed by atoms with E-state index in [-0.39, 0.29) is 37.5 Å². The van der Waals surface area contributed by atoms with E-state index in [0.29, 0.717) is 19.3 Å². The topological polar surface area (TPSA) is 78.9 Å². The Kier molecular flexibility index (Phi) is 57.4. The van der Waals surface area contributed by atoms with Crippen LogP contribution in [0.15, 0.2) is 109 Å². The Morgan fingerprint density at radius 2 is 0.534 bits per heavy atom. The maximum atomic E-state index is 12.8. The number of hydrogen-bond donors (Lipinski definition) is 0. The van der Waals surface area contributed by atoms with Crippen LogP contribution in [0.3, 0.4) is 0 Å². The molecule has 0 aliphatic carbocycles. The van der Waals surface area contributed by atoms with Gasteiger partial charge in [-0.15, -0.1) is 0 Å². The molecule has 0 radical (unpaired) electrons. The summed E-state index contributed by atoms with van der Waals surface area (Å²) in [5.74, 6) is -0.934. The highest BCUT2D eigenvalue weighted by Gasteiger charge is 2.19. The summed E-state index contributed by atoms with van der Waals surface area (Å²) in [4.78, 5) is 38.0. The van der Waals surface area contributed by atoms with Crippen LogP contribution in [-0.4, -0.2) is 37.2 Å². The molecule has 0 rings (SSSR count). The van der Waals surface area contributed by atoms with Crippen LogP contribution in [0.1, 0.15) is 278 Å². The Morgan fingerprint density at radius 1 is 0.288 bits per heavy atom.